The number of ether oxygens (including phenoxy) is 2. The summed E-state index contributed by atoms with van der Waals surface area (Å²) in [6.07, 6.45) is 2.30. The van der Waals surface area contributed by atoms with Crippen molar-refractivity contribution in [1.29, 1.82) is 0 Å². The number of nitrogens with two attached hydrogens (primary N) is 2. The second kappa shape index (κ2) is 14.8. The molecule has 0 bridgehead atoms. The van der Waals surface area contributed by atoms with Crippen LogP contribution in [0.5, 0.6) is 0 Å². The van der Waals surface area contributed by atoms with Gasteiger partial charge in [0.05, 0.1) is 10.8 Å². The maximum Gasteiger partial charge on any atom is 0.410 e. The predicted octanol–water partition coefficient (Wildman–Crippen LogP) is 3.27. The third-order valence-corrected chi connectivity index (χ3v) is 8.29. The van der Waals surface area contributed by atoms with Gasteiger partial charge in [0.25, 0.3) is 0 Å². The van der Waals surface area contributed by atoms with Gasteiger partial charge in [0.15, 0.2) is 11.3 Å². The minimum atomic E-state index is -0.467. The van der Waals surface area contributed by atoms with Gasteiger partial charge in [0, 0.05) is 51.2 Å². The van der Waals surface area contributed by atoms with Crippen molar-refractivity contribution in [3.63, 3.8) is 0 Å². The Hall–Kier alpha value is -3.34. The largest absolute Gasteiger partial charge is 0.444 e. The Balaban J connectivity index is 0.000000176. The van der Waals surface area contributed by atoms with E-state index in [0.29, 0.717) is 55.9 Å². The molecule has 0 unspecified atom stereocenters. The van der Waals surface area contributed by atoms with Gasteiger partial charge in [0.2, 0.25) is 0 Å². The summed E-state index contributed by atoms with van der Waals surface area (Å²) in [7, 11) is 0. The average molecular weight is 879 g/mol. The lowest BCUT2D eigenvalue weighted by Crippen LogP contribution is -2.52. The Morgan fingerprint density at radius 3 is 1.89 bits per heavy atom. The Kier molecular flexibility index (Phi) is 11.5. The molecular weight excluding hydrogens is 838 g/mol. The number of hydrogen-bond acceptors (Lipinski definition) is 13. The molecule has 4 aromatic heterocycles. The van der Waals surface area contributed by atoms with E-state index in [-0.39, 0.29) is 24.7 Å². The zero-order valence-corrected chi connectivity index (χ0v) is 31.4. The maximum absolute atomic E-state index is 11.9. The quantitative estimate of drug-likeness (QED) is 0.217. The molecule has 47 heavy (non-hydrogen) atoms. The van der Waals surface area contributed by atoms with Crippen molar-refractivity contribution in [3.8, 4) is 0 Å². The molecule has 0 aliphatic carbocycles. The number of likely N-dealkylation sites (tertiary alicyclic amines) is 2. The predicted molar refractivity (Wildman–Crippen MR) is 191 cm³/mol. The van der Waals surface area contributed by atoms with E-state index < -0.39 is 11.2 Å². The number of nitrogen functional groups attached to an aromatic ring is 2. The fourth-order valence-electron chi connectivity index (χ4n) is 4.52. The highest BCUT2D eigenvalue weighted by atomic mass is 127. The van der Waals surface area contributed by atoms with E-state index in [1.807, 2.05) is 46.2 Å². The van der Waals surface area contributed by atoms with Crippen LogP contribution < -0.4 is 11.5 Å². The number of H-pyrrole nitrogens is 1. The number of anilines is 2. The number of fused-ring (bicyclic) bond motifs is 2. The number of amides is 2. The van der Waals surface area contributed by atoms with Crippen LogP contribution in [-0.4, -0.2) is 111 Å². The van der Waals surface area contributed by atoms with Crippen molar-refractivity contribution in [3.05, 3.63) is 20.1 Å². The summed E-state index contributed by atoms with van der Waals surface area (Å²) in [5, 5.41) is 21.5. The standard InChI is InChI=1S/C14H19IN6O2.C9H17NO3.C5H4IN5/c1-14(2,3)23-13(22)20-4-8(5-20)6-21-12-9(10(15)19-21)11(16)17-7-18-12;1-9(2,3)13-8(12)10-4-7(5-10)6-11;6-3-2-4(7)8-1-9-5(2)11-10-3/h7-8H,4-6H2,1-3H3,(H2,16,17,18);7,11H,4-6H2,1-3H3;1H,(H3,7,8,9,10,11). The first-order valence-electron chi connectivity index (χ1n) is 14.7. The van der Waals surface area contributed by atoms with Crippen molar-refractivity contribution >= 4 is 91.1 Å². The van der Waals surface area contributed by atoms with Crippen LogP contribution in [0.4, 0.5) is 21.2 Å². The highest BCUT2D eigenvalue weighted by molar-refractivity contribution is 14.1. The topological polar surface area (TPSA) is 229 Å². The molecule has 0 atom stereocenters. The van der Waals surface area contributed by atoms with Crippen molar-refractivity contribution in [2.45, 2.75) is 59.3 Å². The summed E-state index contributed by atoms with van der Waals surface area (Å²) in [6, 6.07) is 0. The fourth-order valence-corrected chi connectivity index (χ4v) is 5.94. The molecule has 6 N–H and O–H groups in total. The highest BCUT2D eigenvalue weighted by Crippen LogP contribution is 2.26. The number of aromatic amines is 1. The number of aromatic nitrogens is 8. The molecule has 6 heterocycles. The van der Waals surface area contributed by atoms with Gasteiger partial charge in [-0.05, 0) is 86.7 Å². The molecule has 256 valence electrons. The number of rotatable bonds is 3. The second-order valence-electron chi connectivity index (χ2n) is 13.1. The van der Waals surface area contributed by atoms with Crippen LogP contribution in [0.3, 0.4) is 0 Å². The van der Waals surface area contributed by atoms with Crippen LogP contribution in [0, 0.1) is 19.2 Å². The minimum Gasteiger partial charge on any atom is -0.444 e. The second-order valence-corrected chi connectivity index (χ2v) is 15.2. The zero-order chi connectivity index (χ0) is 34.7. The average Bonchev–Trinajstić information content (AvgIpc) is 3.44. The summed E-state index contributed by atoms with van der Waals surface area (Å²) in [6.45, 7) is 14.5. The molecule has 0 spiro atoms. The molecule has 2 aliphatic heterocycles. The van der Waals surface area contributed by atoms with Crippen molar-refractivity contribution in [2.24, 2.45) is 11.8 Å². The van der Waals surface area contributed by atoms with Crippen LogP contribution in [-0.2, 0) is 16.0 Å². The first-order chi connectivity index (χ1) is 22.0. The van der Waals surface area contributed by atoms with Crippen LogP contribution in [0.15, 0.2) is 12.7 Å². The molecule has 2 saturated heterocycles. The molecule has 0 saturated carbocycles. The first-order valence-corrected chi connectivity index (χ1v) is 16.9. The number of nitrogens with one attached hydrogen (secondary N) is 1. The Labute approximate surface area is 298 Å². The van der Waals surface area contributed by atoms with E-state index in [1.54, 1.807) is 9.80 Å². The highest BCUT2D eigenvalue weighted by Gasteiger charge is 2.35. The van der Waals surface area contributed by atoms with Crippen LogP contribution >= 0.6 is 45.2 Å². The molecule has 0 radical (unpaired) electrons. The molecule has 4 aromatic rings. The maximum atomic E-state index is 11.9. The molecule has 17 nitrogen and oxygen atoms in total. The van der Waals surface area contributed by atoms with E-state index in [1.165, 1.54) is 12.7 Å². The fraction of sp³-hybridized carbons (Fsp3) is 0.571. The van der Waals surface area contributed by atoms with E-state index in [0.717, 1.165) is 23.8 Å². The van der Waals surface area contributed by atoms with Gasteiger partial charge in [-0.15, -0.1) is 0 Å². The van der Waals surface area contributed by atoms with E-state index in [9.17, 15) is 9.59 Å². The number of nitrogens with zero attached hydrogens (tertiary/aromatic N) is 9. The lowest BCUT2D eigenvalue weighted by atomic mass is 10.0. The molecule has 2 amide bonds. The number of hydrogen-bond donors (Lipinski definition) is 4. The third-order valence-electron chi connectivity index (χ3n) is 6.76. The molecule has 0 aromatic carbocycles. The molecule has 2 aliphatic rings. The third kappa shape index (κ3) is 9.61. The first kappa shape index (κ1) is 36.5. The zero-order valence-electron chi connectivity index (χ0n) is 27.1. The van der Waals surface area contributed by atoms with Gasteiger partial charge in [-0.1, -0.05) is 0 Å². The van der Waals surface area contributed by atoms with Gasteiger partial charge >= 0.3 is 12.2 Å². The molecule has 2 fully saturated rings. The minimum absolute atomic E-state index is 0.152. The molecular formula is C28H40I2N12O5. The van der Waals surface area contributed by atoms with Gasteiger partial charge in [0.1, 0.15) is 42.9 Å². The van der Waals surface area contributed by atoms with Crippen molar-refractivity contribution in [2.75, 3.05) is 44.3 Å². The lowest BCUT2D eigenvalue weighted by molar-refractivity contribution is -0.00984. The Morgan fingerprint density at radius 1 is 0.872 bits per heavy atom. The number of carbonyl (C=O) groups excluding carboxylic acids is 2. The summed E-state index contributed by atoms with van der Waals surface area (Å²) >= 11 is 4.24. The van der Waals surface area contributed by atoms with Gasteiger partial charge in [-0.3, -0.25) is 5.10 Å². The van der Waals surface area contributed by atoms with Gasteiger partial charge in [-0.25, -0.2) is 34.2 Å². The number of carbonyl (C=O) groups is 2. The molecule has 6 rings (SSSR count). The Morgan fingerprint density at radius 2 is 1.38 bits per heavy atom. The van der Waals surface area contributed by atoms with E-state index in [4.69, 9.17) is 26.0 Å². The summed E-state index contributed by atoms with van der Waals surface area (Å²) < 4.78 is 14.0. The smallest absolute Gasteiger partial charge is 0.410 e. The van der Waals surface area contributed by atoms with Crippen molar-refractivity contribution < 1.29 is 24.2 Å². The van der Waals surface area contributed by atoms with Gasteiger partial charge < -0.3 is 35.8 Å². The number of aliphatic hydroxyl groups is 1. The lowest BCUT2D eigenvalue weighted by Gasteiger charge is -2.39. The van der Waals surface area contributed by atoms with E-state index in [2.05, 4.69) is 80.4 Å². The van der Waals surface area contributed by atoms with Gasteiger partial charge in [-0.2, -0.15) is 10.2 Å². The monoisotopic (exact) mass is 878 g/mol. The summed E-state index contributed by atoms with van der Waals surface area (Å²) in [4.78, 5) is 42.6. The number of halogens is 2. The van der Waals surface area contributed by atoms with E-state index >= 15 is 0 Å². The SMILES string of the molecule is CC(C)(C)OC(=O)N1CC(CO)C1.CC(C)(C)OC(=O)N1CC(Cn2nc(I)c3c(N)ncnc32)C1.Nc1ncnc2n[nH]c(I)c12. The van der Waals surface area contributed by atoms with Crippen molar-refractivity contribution in [1.82, 2.24) is 49.7 Å². The molecule has 19 heteroatoms. The summed E-state index contributed by atoms with van der Waals surface area (Å²) in [5.74, 6) is 1.48. The van der Waals surface area contributed by atoms with Crippen LogP contribution in [0.25, 0.3) is 22.1 Å². The summed E-state index contributed by atoms with van der Waals surface area (Å²) in [5.41, 5.74) is 11.9. The van der Waals surface area contributed by atoms with Crippen LogP contribution in [0.2, 0.25) is 0 Å². The number of aliphatic hydroxyl groups excluding tert-OH is 1. The van der Waals surface area contributed by atoms with Crippen LogP contribution in [0.1, 0.15) is 41.5 Å². The Bertz CT molecular complexity index is 1710. The normalized spacial score (nSPS) is 15.3.